The van der Waals surface area contributed by atoms with Gasteiger partial charge in [0, 0.05) is 11.7 Å². The molecule has 0 spiro atoms. The first-order chi connectivity index (χ1) is 8.33. The van der Waals surface area contributed by atoms with Crippen LogP contribution in [0.3, 0.4) is 0 Å². The lowest BCUT2D eigenvalue weighted by atomic mass is 9.94. The third-order valence-electron chi connectivity index (χ3n) is 3.27. The monoisotopic (exact) mass is 344 g/mol. The van der Waals surface area contributed by atoms with Gasteiger partial charge in [-0.15, -0.1) is 0 Å². The number of carbonyl (C=O) groups is 1. The number of hydrogen-bond donors (Lipinski definition) is 1. The number of halogens is 1. The first-order valence-electron chi connectivity index (χ1n) is 6.08. The van der Waals surface area contributed by atoms with Gasteiger partial charge in [-0.25, -0.2) is 4.79 Å². The van der Waals surface area contributed by atoms with E-state index in [1.165, 1.54) is 19.3 Å². The standard InChI is InChI=1S/C13H17IN2O/c14-15-13(17)16(11-7-3-1-4-8-11)12-9-5-2-6-10-12/h1,3-4,7-8,12H,2,5-6,9-10H2,(H,15,17). The molecule has 1 saturated carbocycles. The van der Waals surface area contributed by atoms with E-state index in [1.54, 1.807) is 0 Å². The summed E-state index contributed by atoms with van der Waals surface area (Å²) >= 11 is 1.91. The van der Waals surface area contributed by atoms with Crippen molar-refractivity contribution in [2.24, 2.45) is 0 Å². The van der Waals surface area contributed by atoms with E-state index in [1.807, 2.05) is 58.1 Å². The zero-order valence-corrected chi connectivity index (χ0v) is 11.9. The van der Waals surface area contributed by atoms with E-state index in [0.717, 1.165) is 18.5 Å². The highest BCUT2D eigenvalue weighted by molar-refractivity contribution is 14.1. The van der Waals surface area contributed by atoms with E-state index >= 15 is 0 Å². The molecule has 4 heteroatoms. The topological polar surface area (TPSA) is 32.3 Å². The van der Waals surface area contributed by atoms with Crippen LogP contribution in [-0.4, -0.2) is 12.1 Å². The van der Waals surface area contributed by atoms with Crippen molar-refractivity contribution in [2.45, 2.75) is 38.1 Å². The summed E-state index contributed by atoms with van der Waals surface area (Å²) in [6, 6.07) is 10.3. The van der Waals surface area contributed by atoms with Crippen molar-refractivity contribution in [3.63, 3.8) is 0 Å². The minimum atomic E-state index is -0.0105. The maximum atomic E-state index is 12.0. The number of nitrogens with zero attached hydrogens (tertiary/aromatic N) is 1. The van der Waals surface area contributed by atoms with E-state index in [0.29, 0.717) is 6.04 Å². The molecular formula is C13H17IN2O. The Morgan fingerprint density at radius 1 is 1.18 bits per heavy atom. The summed E-state index contributed by atoms with van der Waals surface area (Å²) in [6.07, 6.45) is 5.97. The number of urea groups is 1. The van der Waals surface area contributed by atoms with Gasteiger partial charge in [-0.3, -0.25) is 8.43 Å². The molecule has 0 unspecified atom stereocenters. The Morgan fingerprint density at radius 3 is 2.41 bits per heavy atom. The third-order valence-corrected chi connectivity index (χ3v) is 3.74. The Kier molecular flexibility index (Phi) is 4.65. The Morgan fingerprint density at radius 2 is 1.82 bits per heavy atom. The molecule has 1 N–H and O–H groups in total. The highest BCUT2D eigenvalue weighted by atomic mass is 127. The molecule has 1 aromatic rings. The van der Waals surface area contributed by atoms with Crippen LogP contribution in [0.25, 0.3) is 0 Å². The molecule has 0 radical (unpaired) electrons. The first kappa shape index (κ1) is 12.7. The molecule has 0 aliphatic heterocycles. The predicted octanol–water partition coefficient (Wildman–Crippen LogP) is 3.89. The number of carbonyl (C=O) groups excluding carboxylic acids is 1. The van der Waals surface area contributed by atoms with Crippen LogP contribution in [0.1, 0.15) is 32.1 Å². The first-order valence-corrected chi connectivity index (χ1v) is 7.15. The average Bonchev–Trinajstić information content (AvgIpc) is 2.41. The van der Waals surface area contributed by atoms with E-state index in [2.05, 4.69) is 3.53 Å². The number of amides is 2. The van der Waals surface area contributed by atoms with Crippen LogP contribution < -0.4 is 8.43 Å². The fourth-order valence-electron chi connectivity index (χ4n) is 2.47. The highest BCUT2D eigenvalue weighted by Gasteiger charge is 2.26. The van der Waals surface area contributed by atoms with Gasteiger partial charge in [0.1, 0.15) is 0 Å². The number of para-hydroxylation sites is 1. The Balaban J connectivity index is 2.21. The molecule has 1 aliphatic carbocycles. The molecule has 2 amide bonds. The highest BCUT2D eigenvalue weighted by Crippen LogP contribution is 2.27. The molecule has 92 valence electrons. The molecule has 1 fully saturated rings. The van der Waals surface area contributed by atoms with Crippen LogP contribution in [0.5, 0.6) is 0 Å². The largest absolute Gasteiger partial charge is 0.330 e. The molecule has 0 atom stereocenters. The SMILES string of the molecule is O=C(NI)N(c1ccccc1)C1CCCCC1. The lowest BCUT2D eigenvalue weighted by Gasteiger charge is -2.33. The molecule has 2 rings (SSSR count). The van der Waals surface area contributed by atoms with Gasteiger partial charge in [0.25, 0.3) is 0 Å². The molecule has 0 saturated heterocycles. The number of nitrogens with one attached hydrogen (secondary N) is 1. The molecule has 0 bridgehead atoms. The molecule has 17 heavy (non-hydrogen) atoms. The van der Waals surface area contributed by atoms with E-state index in [9.17, 15) is 4.79 Å². The average molecular weight is 344 g/mol. The molecule has 3 nitrogen and oxygen atoms in total. The number of hydrogen-bond acceptors (Lipinski definition) is 1. The van der Waals surface area contributed by atoms with Crippen LogP contribution in [0.2, 0.25) is 0 Å². The van der Waals surface area contributed by atoms with Crippen molar-refractivity contribution in [2.75, 3.05) is 4.90 Å². The summed E-state index contributed by atoms with van der Waals surface area (Å²) in [4.78, 5) is 13.9. The van der Waals surface area contributed by atoms with Gasteiger partial charge in [-0.05, 0) is 25.0 Å². The van der Waals surface area contributed by atoms with Crippen LogP contribution in [-0.2, 0) is 0 Å². The van der Waals surface area contributed by atoms with Crippen molar-refractivity contribution >= 4 is 34.6 Å². The second kappa shape index (κ2) is 6.23. The maximum absolute atomic E-state index is 12.0. The zero-order chi connectivity index (χ0) is 12.1. The fourth-order valence-corrected chi connectivity index (χ4v) is 2.73. The minimum absolute atomic E-state index is 0.0105. The maximum Gasteiger partial charge on any atom is 0.330 e. The lowest BCUT2D eigenvalue weighted by Crippen LogP contribution is -2.44. The van der Waals surface area contributed by atoms with Crippen molar-refractivity contribution in [3.05, 3.63) is 30.3 Å². The second-order valence-corrected chi connectivity index (χ2v) is 4.94. The van der Waals surface area contributed by atoms with Gasteiger partial charge in [-0.1, -0.05) is 37.5 Å². The van der Waals surface area contributed by atoms with Gasteiger partial charge in [0.2, 0.25) is 0 Å². The number of rotatable bonds is 2. The Labute approximate surface area is 116 Å². The van der Waals surface area contributed by atoms with Crippen molar-refractivity contribution in [3.8, 4) is 0 Å². The van der Waals surface area contributed by atoms with Crippen LogP contribution >= 0.6 is 22.9 Å². The van der Waals surface area contributed by atoms with Crippen molar-refractivity contribution in [1.82, 2.24) is 3.53 Å². The van der Waals surface area contributed by atoms with E-state index < -0.39 is 0 Å². The summed E-state index contributed by atoms with van der Waals surface area (Å²) in [6.45, 7) is 0. The predicted molar refractivity (Wildman–Crippen MR) is 78.3 cm³/mol. The summed E-state index contributed by atoms with van der Waals surface area (Å²) in [5, 5.41) is 0. The van der Waals surface area contributed by atoms with Crippen molar-refractivity contribution < 1.29 is 4.79 Å². The summed E-state index contributed by atoms with van der Waals surface area (Å²) in [5.74, 6) is 0. The van der Waals surface area contributed by atoms with Crippen LogP contribution in [0.4, 0.5) is 10.5 Å². The number of benzene rings is 1. The van der Waals surface area contributed by atoms with Gasteiger partial charge in [0.05, 0.1) is 22.9 Å². The van der Waals surface area contributed by atoms with Crippen molar-refractivity contribution in [1.29, 1.82) is 0 Å². The number of anilines is 1. The Hall–Kier alpha value is -0.780. The van der Waals surface area contributed by atoms with E-state index in [-0.39, 0.29) is 6.03 Å². The molecule has 1 aliphatic rings. The zero-order valence-electron chi connectivity index (χ0n) is 9.73. The molecule has 1 aromatic carbocycles. The molecule has 0 aromatic heterocycles. The fraction of sp³-hybridized carbons (Fsp3) is 0.462. The lowest BCUT2D eigenvalue weighted by molar-refractivity contribution is 0.247. The summed E-state index contributed by atoms with van der Waals surface area (Å²) < 4.78 is 2.72. The van der Waals surface area contributed by atoms with Gasteiger partial charge in [0.15, 0.2) is 0 Å². The molecule has 0 heterocycles. The normalized spacial score (nSPS) is 16.5. The van der Waals surface area contributed by atoms with Gasteiger partial charge in [-0.2, -0.15) is 0 Å². The summed E-state index contributed by atoms with van der Waals surface area (Å²) in [5.41, 5.74) is 0.994. The van der Waals surface area contributed by atoms with Gasteiger partial charge >= 0.3 is 6.03 Å². The quantitative estimate of drug-likeness (QED) is 0.641. The van der Waals surface area contributed by atoms with Gasteiger partial charge < -0.3 is 0 Å². The Bertz CT molecular complexity index is 363. The smallest absolute Gasteiger partial charge is 0.291 e. The minimum Gasteiger partial charge on any atom is -0.291 e. The van der Waals surface area contributed by atoms with Crippen LogP contribution in [0, 0.1) is 0 Å². The second-order valence-electron chi connectivity index (χ2n) is 4.40. The summed E-state index contributed by atoms with van der Waals surface area (Å²) in [7, 11) is 0. The molecular weight excluding hydrogens is 327 g/mol. The van der Waals surface area contributed by atoms with Crippen LogP contribution in [0.15, 0.2) is 30.3 Å². The third kappa shape index (κ3) is 3.12. The van der Waals surface area contributed by atoms with E-state index in [4.69, 9.17) is 0 Å².